The largest absolute Gasteiger partial charge is 0.479 e. The molecule has 0 aliphatic carbocycles. The number of halogens is 3. The highest BCUT2D eigenvalue weighted by Crippen LogP contribution is 2.36. The van der Waals surface area contributed by atoms with Crippen molar-refractivity contribution in [1.82, 2.24) is 29.3 Å². The molecule has 4 aromatic rings. The van der Waals surface area contributed by atoms with Gasteiger partial charge in [-0.2, -0.15) is 18.3 Å². The highest BCUT2D eigenvalue weighted by Gasteiger charge is 2.32. The Balaban J connectivity index is 1.41. The van der Waals surface area contributed by atoms with E-state index < -0.39 is 11.7 Å². The lowest BCUT2D eigenvalue weighted by atomic mass is 9.90. The number of hydrogen-bond donors (Lipinski definition) is 0. The van der Waals surface area contributed by atoms with Crippen molar-refractivity contribution in [2.45, 2.75) is 38.4 Å². The van der Waals surface area contributed by atoms with E-state index in [9.17, 15) is 13.2 Å². The molecule has 4 heterocycles. The zero-order valence-electron chi connectivity index (χ0n) is 19.2. The summed E-state index contributed by atoms with van der Waals surface area (Å²) in [6.45, 7) is 2.58. The fraction of sp³-hybridized carbons (Fsp3) is 0.280. The predicted octanol–water partition coefficient (Wildman–Crippen LogP) is 5.29. The zero-order chi connectivity index (χ0) is 24.6. The van der Waals surface area contributed by atoms with Crippen LogP contribution in [0, 0.1) is 6.92 Å². The second kappa shape index (κ2) is 9.01. The summed E-state index contributed by atoms with van der Waals surface area (Å²) in [4.78, 5) is 13.4. The molecule has 0 fully saturated rings. The van der Waals surface area contributed by atoms with Crippen LogP contribution in [0.2, 0.25) is 0 Å². The first-order valence-electron chi connectivity index (χ1n) is 11.2. The van der Waals surface area contributed by atoms with Crippen molar-refractivity contribution < 1.29 is 17.9 Å². The highest BCUT2D eigenvalue weighted by molar-refractivity contribution is 5.65. The normalized spacial score (nSPS) is 16.0. The van der Waals surface area contributed by atoms with Crippen molar-refractivity contribution in [2.75, 3.05) is 7.11 Å². The molecule has 0 radical (unpaired) electrons. The van der Waals surface area contributed by atoms with Crippen LogP contribution >= 0.6 is 0 Å². The summed E-state index contributed by atoms with van der Waals surface area (Å²) in [7, 11) is 1.56. The van der Waals surface area contributed by atoms with Gasteiger partial charge in [0.2, 0.25) is 5.88 Å². The molecule has 180 valence electrons. The molecule has 1 atom stereocenters. The third kappa shape index (κ3) is 4.68. The van der Waals surface area contributed by atoms with E-state index in [1.54, 1.807) is 36.3 Å². The summed E-state index contributed by atoms with van der Waals surface area (Å²) < 4.78 is 48.7. The van der Waals surface area contributed by atoms with E-state index in [1.165, 1.54) is 12.1 Å². The Kier molecular flexibility index (Phi) is 5.88. The Hall–Kier alpha value is -3.95. The van der Waals surface area contributed by atoms with Crippen LogP contribution < -0.4 is 4.74 Å². The van der Waals surface area contributed by atoms with Gasteiger partial charge in [-0.25, -0.2) is 19.6 Å². The van der Waals surface area contributed by atoms with Crippen LogP contribution in [0.1, 0.15) is 52.9 Å². The lowest BCUT2D eigenvalue weighted by Gasteiger charge is -2.23. The maximum Gasteiger partial charge on any atom is 0.416 e. The topological polar surface area (TPSA) is 70.7 Å². The molecule has 7 nitrogen and oxygen atoms in total. The van der Waals surface area contributed by atoms with Crippen LogP contribution in [-0.4, -0.2) is 36.4 Å². The second-order valence-electron chi connectivity index (χ2n) is 8.39. The van der Waals surface area contributed by atoms with Crippen molar-refractivity contribution in [3.63, 3.8) is 0 Å². The molecule has 0 saturated carbocycles. The van der Waals surface area contributed by atoms with E-state index in [2.05, 4.69) is 20.1 Å². The standard InChI is InChI=1S/C25H23F3N6O/c1-16-14-33(15-29-16)21-10-8-19(30-24(21)35-2)9-11-22-31-23-20(7-4-12-34(23)32-22)17-5-3-6-18(13-17)25(26,27)28/h3,5-6,8-11,13-15,20H,4,7,12H2,1-2H3. The number of aryl methyl sites for hydroxylation is 2. The van der Waals surface area contributed by atoms with Crippen molar-refractivity contribution in [3.05, 3.63) is 83.1 Å². The maximum absolute atomic E-state index is 13.2. The van der Waals surface area contributed by atoms with Gasteiger partial charge in [-0.1, -0.05) is 18.2 Å². The first-order valence-corrected chi connectivity index (χ1v) is 11.2. The van der Waals surface area contributed by atoms with E-state index in [-0.39, 0.29) is 5.92 Å². The number of rotatable bonds is 5. The Morgan fingerprint density at radius 2 is 1.97 bits per heavy atom. The van der Waals surface area contributed by atoms with Gasteiger partial charge in [0.05, 0.1) is 30.4 Å². The summed E-state index contributed by atoms with van der Waals surface area (Å²) in [5.41, 5.74) is 2.25. The molecule has 0 amide bonds. The fourth-order valence-electron chi connectivity index (χ4n) is 4.29. The van der Waals surface area contributed by atoms with Gasteiger partial charge in [0.1, 0.15) is 11.5 Å². The molecule has 1 aliphatic heterocycles. The first-order chi connectivity index (χ1) is 16.8. The van der Waals surface area contributed by atoms with Crippen molar-refractivity contribution >= 4 is 12.2 Å². The number of aromatic nitrogens is 6. The quantitative estimate of drug-likeness (QED) is 0.388. The van der Waals surface area contributed by atoms with Crippen LogP contribution in [0.15, 0.2) is 48.9 Å². The summed E-state index contributed by atoms with van der Waals surface area (Å²) in [5, 5.41) is 4.55. The SMILES string of the molecule is COc1nc(C=Cc2nc3n(n2)CCCC3c2cccc(C(F)(F)F)c2)ccc1-n1cnc(C)c1. The van der Waals surface area contributed by atoms with Gasteiger partial charge in [-0.05, 0) is 55.7 Å². The van der Waals surface area contributed by atoms with E-state index in [0.717, 1.165) is 30.3 Å². The van der Waals surface area contributed by atoms with Gasteiger partial charge in [-0.3, -0.25) is 0 Å². The van der Waals surface area contributed by atoms with Crippen molar-refractivity contribution in [1.29, 1.82) is 0 Å². The lowest BCUT2D eigenvalue weighted by molar-refractivity contribution is -0.137. The van der Waals surface area contributed by atoms with Gasteiger partial charge in [0, 0.05) is 18.7 Å². The lowest BCUT2D eigenvalue weighted by Crippen LogP contribution is -2.18. The van der Waals surface area contributed by atoms with Crippen LogP contribution in [0.4, 0.5) is 13.2 Å². The Labute approximate surface area is 199 Å². The number of alkyl halides is 3. The molecule has 35 heavy (non-hydrogen) atoms. The molecule has 3 aromatic heterocycles. The monoisotopic (exact) mass is 480 g/mol. The highest BCUT2D eigenvalue weighted by atomic mass is 19.4. The summed E-state index contributed by atoms with van der Waals surface area (Å²) >= 11 is 0. The van der Waals surface area contributed by atoms with Crippen LogP contribution in [-0.2, 0) is 12.7 Å². The van der Waals surface area contributed by atoms with E-state index in [4.69, 9.17) is 4.74 Å². The number of ether oxygens (including phenoxy) is 1. The molecule has 1 unspecified atom stereocenters. The molecule has 1 aromatic carbocycles. The summed E-state index contributed by atoms with van der Waals surface area (Å²) in [6, 6.07) is 9.21. The number of imidazole rings is 1. The number of methoxy groups -OCH3 is 1. The zero-order valence-corrected chi connectivity index (χ0v) is 19.2. The average Bonchev–Trinajstić information content (AvgIpc) is 3.47. The van der Waals surface area contributed by atoms with E-state index in [1.807, 2.05) is 29.8 Å². The Morgan fingerprint density at radius 1 is 1.11 bits per heavy atom. The van der Waals surface area contributed by atoms with Crippen molar-refractivity contribution in [2.24, 2.45) is 0 Å². The minimum absolute atomic E-state index is 0.239. The molecule has 0 bridgehead atoms. The van der Waals surface area contributed by atoms with Gasteiger partial charge in [-0.15, -0.1) is 0 Å². The van der Waals surface area contributed by atoms with Crippen LogP contribution in [0.5, 0.6) is 5.88 Å². The smallest absolute Gasteiger partial charge is 0.416 e. The maximum atomic E-state index is 13.2. The fourth-order valence-corrected chi connectivity index (χ4v) is 4.29. The third-order valence-corrected chi connectivity index (χ3v) is 5.96. The third-order valence-electron chi connectivity index (χ3n) is 5.96. The number of hydrogen-bond acceptors (Lipinski definition) is 5. The number of fused-ring (bicyclic) bond motifs is 1. The molecule has 10 heteroatoms. The Morgan fingerprint density at radius 3 is 2.71 bits per heavy atom. The molecule has 0 spiro atoms. The van der Waals surface area contributed by atoms with Crippen LogP contribution in [0.25, 0.3) is 17.8 Å². The van der Waals surface area contributed by atoms with Gasteiger partial charge in [0.15, 0.2) is 5.82 Å². The molecule has 0 N–H and O–H groups in total. The molecular formula is C25H23F3N6O. The number of benzene rings is 1. The van der Waals surface area contributed by atoms with E-state index >= 15 is 0 Å². The molecular weight excluding hydrogens is 457 g/mol. The average molecular weight is 480 g/mol. The van der Waals surface area contributed by atoms with E-state index in [0.29, 0.717) is 35.3 Å². The second-order valence-corrected chi connectivity index (χ2v) is 8.39. The number of nitrogens with zero attached hydrogens (tertiary/aromatic N) is 6. The summed E-state index contributed by atoms with van der Waals surface area (Å²) in [5.74, 6) is 1.36. The Bertz CT molecular complexity index is 1390. The molecule has 0 saturated heterocycles. The molecule has 1 aliphatic rings. The van der Waals surface area contributed by atoms with Crippen LogP contribution in [0.3, 0.4) is 0 Å². The first kappa shape index (κ1) is 22.8. The number of pyridine rings is 1. The van der Waals surface area contributed by atoms with Gasteiger partial charge in [0.25, 0.3) is 0 Å². The molecule has 5 rings (SSSR count). The minimum Gasteiger partial charge on any atom is -0.479 e. The minimum atomic E-state index is -4.38. The predicted molar refractivity (Wildman–Crippen MR) is 124 cm³/mol. The van der Waals surface area contributed by atoms with Crippen molar-refractivity contribution in [3.8, 4) is 11.6 Å². The summed E-state index contributed by atoms with van der Waals surface area (Å²) in [6.07, 6.45) is 4.27. The van der Waals surface area contributed by atoms with Gasteiger partial charge < -0.3 is 9.30 Å². The van der Waals surface area contributed by atoms with Gasteiger partial charge >= 0.3 is 6.18 Å².